The van der Waals surface area contributed by atoms with Crippen LogP contribution in [0.4, 0.5) is 13.2 Å². The summed E-state index contributed by atoms with van der Waals surface area (Å²) in [6.07, 6.45) is 0.402. The van der Waals surface area contributed by atoms with Crippen LogP contribution in [0.3, 0.4) is 0 Å². The third-order valence-corrected chi connectivity index (χ3v) is 4.90. The van der Waals surface area contributed by atoms with Crippen molar-refractivity contribution in [3.8, 4) is 23.0 Å². The van der Waals surface area contributed by atoms with Crippen LogP contribution >= 0.6 is 15.9 Å². The first-order valence-electron chi connectivity index (χ1n) is 10.5. The van der Waals surface area contributed by atoms with Crippen molar-refractivity contribution in [2.75, 3.05) is 19.8 Å². The lowest BCUT2D eigenvalue weighted by molar-refractivity contribution is -0.274. The van der Waals surface area contributed by atoms with Crippen molar-refractivity contribution in [2.24, 2.45) is 0 Å². The van der Waals surface area contributed by atoms with Crippen molar-refractivity contribution in [1.82, 2.24) is 0 Å². The molecule has 0 aliphatic rings. The van der Waals surface area contributed by atoms with Gasteiger partial charge in [0.1, 0.15) is 29.6 Å². The van der Waals surface area contributed by atoms with Crippen LogP contribution in [0.5, 0.6) is 23.0 Å². The largest absolute Gasteiger partial charge is 0.573 e. The Morgan fingerprint density at radius 2 is 1.38 bits per heavy atom. The molecule has 32 heavy (non-hydrogen) atoms. The van der Waals surface area contributed by atoms with Gasteiger partial charge in [-0.25, -0.2) is 0 Å². The summed E-state index contributed by atoms with van der Waals surface area (Å²) in [5, 5.41) is 0. The highest BCUT2D eigenvalue weighted by atomic mass is 79.9. The van der Waals surface area contributed by atoms with E-state index in [0.29, 0.717) is 25.6 Å². The Labute approximate surface area is 195 Å². The van der Waals surface area contributed by atoms with Crippen molar-refractivity contribution in [1.29, 1.82) is 0 Å². The Hall–Kier alpha value is -2.35. The van der Waals surface area contributed by atoms with Crippen molar-refractivity contribution in [3.63, 3.8) is 0 Å². The second-order valence-electron chi connectivity index (χ2n) is 6.87. The Bertz CT molecular complexity index is 826. The number of rotatable bonds is 13. The number of hydrogen-bond donors (Lipinski definition) is 0. The van der Waals surface area contributed by atoms with Gasteiger partial charge in [-0.2, -0.15) is 0 Å². The van der Waals surface area contributed by atoms with Gasteiger partial charge in [-0.15, -0.1) is 13.2 Å². The van der Waals surface area contributed by atoms with Gasteiger partial charge in [0.15, 0.2) is 0 Å². The number of ether oxygens (including phenoxy) is 4. The molecule has 0 radical (unpaired) electrons. The molecule has 0 heterocycles. The lowest BCUT2D eigenvalue weighted by atomic mass is 10.0. The monoisotopic (exact) mass is 516 g/mol. The van der Waals surface area contributed by atoms with E-state index in [1.54, 1.807) is 4.99 Å². The number of unbranched alkanes of at least 4 members (excludes halogenated alkanes) is 1. The summed E-state index contributed by atoms with van der Waals surface area (Å²) in [5.74, 6) is 1.97. The molecular weight excluding hydrogens is 489 g/mol. The van der Waals surface area contributed by atoms with Crippen LogP contribution in [0.25, 0.3) is 0 Å². The standard InChI is InChI=1S/C24H28BrF3O4/c1-3-18-16-22(30-15-7-12-25)17-19(4-2)23(18)31-14-6-5-13-29-20-8-10-21(11-9-20)32-24(26,27)28/h7-12,16-17H,3-6,13-15H2,1-2H3/b12-7+. The lowest BCUT2D eigenvalue weighted by Crippen LogP contribution is -2.16. The predicted molar refractivity (Wildman–Crippen MR) is 122 cm³/mol. The van der Waals surface area contributed by atoms with Crippen LogP contribution < -0.4 is 18.9 Å². The molecule has 176 valence electrons. The van der Waals surface area contributed by atoms with Gasteiger partial charge in [-0.05, 0) is 84.3 Å². The molecule has 4 nitrogen and oxygen atoms in total. The van der Waals surface area contributed by atoms with Crippen LogP contribution in [0.15, 0.2) is 47.5 Å². The van der Waals surface area contributed by atoms with Gasteiger partial charge in [-0.3, -0.25) is 0 Å². The number of benzene rings is 2. The molecule has 0 spiro atoms. The molecule has 8 heteroatoms. The normalized spacial score (nSPS) is 11.6. The van der Waals surface area contributed by atoms with Crippen LogP contribution in [0.2, 0.25) is 0 Å². The summed E-state index contributed by atoms with van der Waals surface area (Å²) in [6.45, 7) is 5.66. The summed E-state index contributed by atoms with van der Waals surface area (Å²) in [6, 6.07) is 9.41. The van der Waals surface area contributed by atoms with Gasteiger partial charge in [0.25, 0.3) is 0 Å². The molecule has 2 rings (SSSR count). The maximum atomic E-state index is 12.2. The fraction of sp³-hybridized carbons (Fsp3) is 0.417. The van der Waals surface area contributed by atoms with Gasteiger partial charge >= 0.3 is 6.36 Å². The number of alkyl halides is 3. The fourth-order valence-electron chi connectivity index (χ4n) is 3.00. The second-order valence-corrected chi connectivity index (χ2v) is 7.40. The molecule has 0 saturated carbocycles. The zero-order chi connectivity index (χ0) is 23.4. The number of halogens is 4. The highest BCUT2D eigenvalue weighted by molar-refractivity contribution is 9.11. The third kappa shape index (κ3) is 9.02. The van der Waals surface area contributed by atoms with Crippen molar-refractivity contribution in [3.05, 3.63) is 58.6 Å². The second kappa shape index (κ2) is 13.3. The number of hydrogen-bond acceptors (Lipinski definition) is 4. The number of aryl methyl sites for hydroxylation is 2. The highest BCUT2D eigenvalue weighted by Gasteiger charge is 2.30. The topological polar surface area (TPSA) is 36.9 Å². The van der Waals surface area contributed by atoms with Gasteiger partial charge < -0.3 is 18.9 Å². The quantitative estimate of drug-likeness (QED) is 0.263. The molecule has 0 aromatic heterocycles. The van der Waals surface area contributed by atoms with E-state index in [4.69, 9.17) is 14.2 Å². The van der Waals surface area contributed by atoms with Gasteiger partial charge in [0.05, 0.1) is 13.2 Å². The van der Waals surface area contributed by atoms with E-state index in [1.807, 2.05) is 18.2 Å². The molecule has 0 aliphatic carbocycles. The first-order chi connectivity index (χ1) is 15.4. The SMILES string of the molecule is CCc1cc(OC/C=C/Br)cc(CC)c1OCCCCOc1ccc(OC(F)(F)F)cc1. The van der Waals surface area contributed by atoms with Gasteiger partial charge in [0, 0.05) is 0 Å². The van der Waals surface area contributed by atoms with E-state index in [0.717, 1.165) is 48.3 Å². The van der Waals surface area contributed by atoms with Crippen molar-refractivity contribution >= 4 is 15.9 Å². The molecule has 2 aromatic rings. The minimum Gasteiger partial charge on any atom is -0.494 e. The van der Waals surface area contributed by atoms with E-state index in [9.17, 15) is 13.2 Å². The van der Waals surface area contributed by atoms with Gasteiger partial charge in [-0.1, -0.05) is 29.8 Å². The summed E-state index contributed by atoms with van der Waals surface area (Å²) in [5.41, 5.74) is 2.22. The predicted octanol–water partition coefficient (Wildman–Crippen LogP) is 7.24. The van der Waals surface area contributed by atoms with Crippen molar-refractivity contribution < 1.29 is 32.1 Å². The molecule has 0 unspecified atom stereocenters. The van der Waals surface area contributed by atoms with Crippen LogP contribution in [-0.4, -0.2) is 26.2 Å². The summed E-state index contributed by atoms with van der Waals surface area (Å²) in [7, 11) is 0. The van der Waals surface area contributed by atoms with E-state index < -0.39 is 6.36 Å². The Morgan fingerprint density at radius 3 is 1.91 bits per heavy atom. The molecule has 0 atom stereocenters. The minimum atomic E-state index is -4.70. The van der Waals surface area contributed by atoms with E-state index in [-0.39, 0.29) is 5.75 Å². The first-order valence-corrected chi connectivity index (χ1v) is 11.4. The smallest absolute Gasteiger partial charge is 0.494 e. The van der Waals surface area contributed by atoms with Crippen LogP contribution in [0.1, 0.15) is 37.8 Å². The van der Waals surface area contributed by atoms with Crippen LogP contribution in [-0.2, 0) is 12.8 Å². The lowest BCUT2D eigenvalue weighted by Gasteiger charge is -2.17. The Balaban J connectivity index is 1.79. The third-order valence-electron chi connectivity index (χ3n) is 4.52. The molecule has 0 bridgehead atoms. The highest BCUT2D eigenvalue weighted by Crippen LogP contribution is 2.31. The summed E-state index contributed by atoms with van der Waals surface area (Å²) in [4.78, 5) is 1.77. The van der Waals surface area contributed by atoms with E-state index in [1.165, 1.54) is 24.3 Å². The Morgan fingerprint density at radius 1 is 0.812 bits per heavy atom. The summed E-state index contributed by atoms with van der Waals surface area (Å²) < 4.78 is 57.8. The van der Waals surface area contributed by atoms with E-state index >= 15 is 0 Å². The zero-order valence-electron chi connectivity index (χ0n) is 18.2. The molecule has 0 amide bonds. The Kier molecular flexibility index (Phi) is 10.7. The molecule has 0 N–H and O–H groups in total. The molecule has 2 aromatic carbocycles. The molecule has 0 aliphatic heterocycles. The average molecular weight is 517 g/mol. The molecule has 0 saturated heterocycles. The minimum absolute atomic E-state index is 0.271. The maximum absolute atomic E-state index is 12.2. The fourth-order valence-corrected chi connectivity index (χ4v) is 3.16. The maximum Gasteiger partial charge on any atom is 0.573 e. The molecular formula is C24H28BrF3O4. The summed E-state index contributed by atoms with van der Waals surface area (Å²) >= 11 is 3.23. The average Bonchev–Trinajstić information content (AvgIpc) is 2.76. The zero-order valence-corrected chi connectivity index (χ0v) is 19.8. The van der Waals surface area contributed by atoms with Crippen LogP contribution in [0, 0.1) is 0 Å². The van der Waals surface area contributed by atoms with Gasteiger partial charge in [0.2, 0.25) is 0 Å². The van der Waals surface area contributed by atoms with E-state index in [2.05, 4.69) is 34.5 Å². The first kappa shape index (κ1) is 25.9. The molecule has 0 fully saturated rings. The van der Waals surface area contributed by atoms with Crippen molar-refractivity contribution in [2.45, 2.75) is 45.9 Å².